The van der Waals surface area contributed by atoms with Crippen LogP contribution in [0.3, 0.4) is 0 Å². The number of fused-ring (bicyclic) bond motifs is 1. The summed E-state index contributed by atoms with van der Waals surface area (Å²) in [5.74, 6) is 0.987. The molecule has 0 spiro atoms. The molecular weight excluding hydrogens is 346 g/mol. The number of hydrogen-bond acceptors (Lipinski definition) is 4. The first-order chi connectivity index (χ1) is 11.9. The number of halogens is 1. The van der Waals surface area contributed by atoms with E-state index in [1.54, 1.807) is 0 Å². The van der Waals surface area contributed by atoms with E-state index < -0.39 is 11.2 Å². The Morgan fingerprint density at radius 1 is 1.20 bits per heavy atom. The van der Waals surface area contributed by atoms with Crippen LogP contribution in [0.2, 0.25) is 5.28 Å². The molecule has 0 saturated heterocycles. The average molecular weight is 366 g/mol. The summed E-state index contributed by atoms with van der Waals surface area (Å²) < 4.78 is 3.63. The number of aromatic nitrogens is 4. The molecule has 0 atom stereocenters. The lowest BCUT2D eigenvalue weighted by atomic mass is 10.1. The van der Waals surface area contributed by atoms with Crippen molar-refractivity contribution in [3.8, 4) is 0 Å². The van der Waals surface area contributed by atoms with Crippen LogP contribution < -0.4 is 16.6 Å². The van der Waals surface area contributed by atoms with Gasteiger partial charge >= 0.3 is 5.69 Å². The van der Waals surface area contributed by atoms with E-state index in [0.29, 0.717) is 11.8 Å². The molecule has 134 valence electrons. The van der Waals surface area contributed by atoms with E-state index in [2.05, 4.69) is 10.3 Å². The Morgan fingerprint density at radius 2 is 1.80 bits per heavy atom. The minimum atomic E-state index is -0.508. The van der Waals surface area contributed by atoms with Crippen LogP contribution in [0.1, 0.15) is 25.7 Å². The van der Waals surface area contributed by atoms with Crippen molar-refractivity contribution in [1.29, 1.82) is 0 Å². The highest BCUT2D eigenvalue weighted by atomic mass is 35.5. The Labute approximate surface area is 148 Å². The van der Waals surface area contributed by atoms with Crippen molar-refractivity contribution in [1.82, 2.24) is 24.0 Å². The predicted molar refractivity (Wildman–Crippen MR) is 92.6 cm³/mol. The lowest BCUT2D eigenvalue weighted by Gasteiger charge is -2.18. The third kappa shape index (κ3) is 2.78. The number of imidazole rings is 1. The van der Waals surface area contributed by atoms with Crippen LogP contribution in [-0.2, 0) is 25.4 Å². The van der Waals surface area contributed by atoms with Gasteiger partial charge in [0, 0.05) is 20.1 Å². The van der Waals surface area contributed by atoms with E-state index >= 15 is 0 Å². The van der Waals surface area contributed by atoms with Crippen LogP contribution in [-0.4, -0.2) is 30.6 Å². The number of amides is 1. The number of carbonyl (C=O) groups excluding carboxylic acids is 1. The molecule has 1 N–H and O–H groups in total. The molecule has 2 aromatic rings. The molecule has 4 rings (SSSR count). The highest BCUT2D eigenvalue weighted by molar-refractivity contribution is 6.29. The average Bonchev–Trinajstić information content (AvgIpc) is 3.47. The molecule has 2 aliphatic rings. The molecule has 2 aliphatic carbocycles. The minimum absolute atomic E-state index is 0.0258. The summed E-state index contributed by atoms with van der Waals surface area (Å²) in [6, 6.07) is 0.230. The zero-order valence-electron chi connectivity index (χ0n) is 14.2. The third-order valence-corrected chi connectivity index (χ3v) is 5.48. The molecule has 0 radical (unpaired) electrons. The lowest BCUT2D eigenvalue weighted by Crippen LogP contribution is -2.41. The highest BCUT2D eigenvalue weighted by Crippen LogP contribution is 2.44. The molecule has 0 unspecified atom stereocenters. The maximum absolute atomic E-state index is 12.5. The molecule has 0 bridgehead atoms. The number of hydrogen-bond donors (Lipinski definition) is 1. The van der Waals surface area contributed by atoms with E-state index in [4.69, 9.17) is 11.6 Å². The first kappa shape index (κ1) is 16.4. The Hall–Kier alpha value is -2.09. The monoisotopic (exact) mass is 365 g/mol. The standard InChI is InChI=1S/C16H20ClN5O3/c1-20-13-12(14(24)21(2)16(20)25)22(15(17)19-13)7-10(23)18-11(8-3-4-8)9-5-6-9/h8-9,11H,3-7H2,1-2H3,(H,18,23). The normalized spacial score (nSPS) is 17.4. The Balaban J connectivity index is 1.67. The second kappa shape index (κ2) is 5.72. The first-order valence-electron chi connectivity index (χ1n) is 8.49. The van der Waals surface area contributed by atoms with Crippen LogP contribution in [0.4, 0.5) is 0 Å². The fourth-order valence-corrected chi connectivity index (χ4v) is 3.69. The van der Waals surface area contributed by atoms with Crippen LogP contribution in [0.15, 0.2) is 9.59 Å². The molecule has 8 nitrogen and oxygen atoms in total. The summed E-state index contributed by atoms with van der Waals surface area (Å²) in [6.45, 7) is -0.0846. The van der Waals surface area contributed by atoms with Gasteiger partial charge in [0.1, 0.15) is 6.54 Å². The summed E-state index contributed by atoms with van der Waals surface area (Å²) >= 11 is 6.16. The predicted octanol–water partition coefficient (Wildman–Crippen LogP) is 0.392. The number of nitrogens with one attached hydrogen (secondary N) is 1. The summed E-state index contributed by atoms with van der Waals surface area (Å²) in [4.78, 5) is 41.1. The largest absolute Gasteiger partial charge is 0.351 e. The number of rotatable bonds is 5. The van der Waals surface area contributed by atoms with Crippen molar-refractivity contribution in [3.63, 3.8) is 0 Å². The van der Waals surface area contributed by atoms with Crippen molar-refractivity contribution in [2.75, 3.05) is 0 Å². The summed E-state index contributed by atoms with van der Waals surface area (Å²) in [7, 11) is 2.92. The van der Waals surface area contributed by atoms with Gasteiger partial charge in [0.05, 0.1) is 0 Å². The molecule has 1 amide bonds. The smallest absolute Gasteiger partial charge is 0.332 e. The Bertz CT molecular complexity index is 968. The Kier molecular flexibility index (Phi) is 3.75. The zero-order valence-corrected chi connectivity index (χ0v) is 14.9. The van der Waals surface area contributed by atoms with Crippen molar-refractivity contribution in [3.05, 3.63) is 26.1 Å². The summed E-state index contributed by atoms with van der Waals surface area (Å²) in [5.41, 5.74) is -0.636. The van der Waals surface area contributed by atoms with Gasteiger partial charge in [0.2, 0.25) is 11.2 Å². The molecule has 2 saturated carbocycles. The maximum Gasteiger partial charge on any atom is 0.332 e. The van der Waals surface area contributed by atoms with Gasteiger partial charge in [-0.2, -0.15) is 4.98 Å². The SMILES string of the molecule is Cn1c(=O)c2c(nc(Cl)n2CC(=O)NC(C2CC2)C2CC2)n(C)c1=O. The van der Waals surface area contributed by atoms with Gasteiger partial charge in [-0.05, 0) is 49.1 Å². The molecule has 0 aromatic carbocycles. The van der Waals surface area contributed by atoms with E-state index in [-0.39, 0.29) is 34.9 Å². The topological polar surface area (TPSA) is 90.9 Å². The maximum atomic E-state index is 12.5. The van der Waals surface area contributed by atoms with Crippen LogP contribution in [0.5, 0.6) is 0 Å². The molecule has 2 heterocycles. The van der Waals surface area contributed by atoms with Gasteiger partial charge in [-0.3, -0.25) is 23.3 Å². The van der Waals surface area contributed by atoms with Gasteiger partial charge in [-0.1, -0.05) is 0 Å². The number of aryl methyl sites for hydroxylation is 1. The fraction of sp³-hybridized carbons (Fsp3) is 0.625. The fourth-order valence-electron chi connectivity index (χ4n) is 3.47. The minimum Gasteiger partial charge on any atom is -0.351 e. The highest BCUT2D eigenvalue weighted by Gasteiger charge is 2.42. The molecule has 9 heteroatoms. The van der Waals surface area contributed by atoms with Gasteiger partial charge in [-0.15, -0.1) is 0 Å². The Morgan fingerprint density at radius 3 is 2.36 bits per heavy atom. The van der Waals surface area contributed by atoms with Crippen molar-refractivity contribution >= 4 is 28.7 Å². The van der Waals surface area contributed by atoms with Crippen LogP contribution >= 0.6 is 11.6 Å². The molecule has 2 fully saturated rings. The van der Waals surface area contributed by atoms with Gasteiger partial charge < -0.3 is 5.32 Å². The van der Waals surface area contributed by atoms with Gasteiger partial charge in [-0.25, -0.2) is 4.79 Å². The lowest BCUT2D eigenvalue weighted by molar-refractivity contribution is -0.122. The summed E-state index contributed by atoms with van der Waals surface area (Å²) in [5, 5.41) is 3.13. The quantitative estimate of drug-likeness (QED) is 0.776. The molecular formula is C16H20ClN5O3. The second-order valence-electron chi connectivity index (χ2n) is 7.11. The van der Waals surface area contributed by atoms with E-state index in [1.165, 1.54) is 48.9 Å². The van der Waals surface area contributed by atoms with E-state index in [0.717, 1.165) is 4.57 Å². The van der Waals surface area contributed by atoms with E-state index in [1.807, 2.05) is 0 Å². The van der Waals surface area contributed by atoms with Crippen LogP contribution in [0, 0.1) is 11.8 Å². The molecule has 2 aromatic heterocycles. The van der Waals surface area contributed by atoms with Crippen molar-refractivity contribution in [2.45, 2.75) is 38.3 Å². The summed E-state index contributed by atoms with van der Waals surface area (Å²) in [6.07, 6.45) is 4.66. The zero-order chi connectivity index (χ0) is 17.9. The van der Waals surface area contributed by atoms with Gasteiger partial charge in [0.25, 0.3) is 5.56 Å². The van der Waals surface area contributed by atoms with Crippen molar-refractivity contribution in [2.24, 2.45) is 25.9 Å². The van der Waals surface area contributed by atoms with E-state index in [9.17, 15) is 14.4 Å². The second-order valence-corrected chi connectivity index (χ2v) is 7.45. The van der Waals surface area contributed by atoms with Crippen molar-refractivity contribution < 1.29 is 4.79 Å². The number of carbonyl (C=O) groups is 1. The van der Waals surface area contributed by atoms with Crippen LogP contribution in [0.25, 0.3) is 11.2 Å². The first-order valence-corrected chi connectivity index (χ1v) is 8.87. The molecule has 0 aliphatic heterocycles. The molecule has 25 heavy (non-hydrogen) atoms. The third-order valence-electron chi connectivity index (χ3n) is 5.19. The number of nitrogens with zero attached hydrogens (tertiary/aromatic N) is 4. The van der Waals surface area contributed by atoms with Gasteiger partial charge in [0.15, 0.2) is 11.2 Å².